The Morgan fingerprint density at radius 2 is 1.92 bits per heavy atom. The van der Waals surface area contributed by atoms with E-state index in [0.29, 0.717) is 14.5 Å². The van der Waals surface area contributed by atoms with Crippen molar-refractivity contribution >= 4 is 37.9 Å². The maximum atomic E-state index is 6.04. The van der Waals surface area contributed by atoms with E-state index in [1.807, 2.05) is 18.2 Å². The summed E-state index contributed by atoms with van der Waals surface area (Å²) in [6, 6.07) is 12.2. The molecule has 13 heavy (non-hydrogen) atoms. The third-order valence-corrected chi connectivity index (χ3v) is 5.31. The van der Waals surface area contributed by atoms with Crippen LogP contribution in [0.5, 0.6) is 0 Å². The SMILES string of the molecule is Clc1ccccc1Sc1ccc[se]1. The Morgan fingerprint density at radius 3 is 2.62 bits per heavy atom. The van der Waals surface area contributed by atoms with Crippen molar-refractivity contribution in [1.29, 1.82) is 0 Å². The normalized spacial score (nSPS) is 10.2. The van der Waals surface area contributed by atoms with Crippen LogP contribution in [0.25, 0.3) is 0 Å². The number of rotatable bonds is 2. The Bertz CT molecular complexity index is 384. The average Bonchev–Trinajstić information content (AvgIpc) is 2.61. The molecule has 0 spiro atoms. The van der Waals surface area contributed by atoms with E-state index >= 15 is 0 Å². The fraction of sp³-hybridized carbons (Fsp3) is 0. The Morgan fingerprint density at radius 1 is 1.08 bits per heavy atom. The van der Waals surface area contributed by atoms with Crippen LogP contribution in [0.3, 0.4) is 0 Å². The van der Waals surface area contributed by atoms with Crippen molar-refractivity contribution in [1.82, 2.24) is 0 Å². The van der Waals surface area contributed by atoms with Crippen molar-refractivity contribution in [2.45, 2.75) is 8.66 Å². The average molecular weight is 274 g/mol. The summed E-state index contributed by atoms with van der Waals surface area (Å²) < 4.78 is 1.42. The van der Waals surface area contributed by atoms with Gasteiger partial charge in [-0.15, -0.1) is 0 Å². The summed E-state index contributed by atoms with van der Waals surface area (Å²) in [7, 11) is 0. The molecule has 1 heterocycles. The van der Waals surface area contributed by atoms with E-state index in [4.69, 9.17) is 11.6 Å². The molecule has 2 aromatic rings. The van der Waals surface area contributed by atoms with Gasteiger partial charge in [-0.3, -0.25) is 0 Å². The Hall–Kier alpha value is -0.141. The zero-order valence-corrected chi connectivity index (χ0v) is 10.0. The Balaban J connectivity index is 2.24. The molecule has 0 aliphatic rings. The van der Waals surface area contributed by atoms with Crippen molar-refractivity contribution in [3.63, 3.8) is 0 Å². The van der Waals surface area contributed by atoms with Crippen LogP contribution in [-0.4, -0.2) is 14.5 Å². The predicted octanol–water partition coefficient (Wildman–Crippen LogP) is 3.55. The molecule has 1 aromatic heterocycles. The first kappa shape index (κ1) is 9.42. The van der Waals surface area contributed by atoms with Crippen molar-refractivity contribution in [3.05, 3.63) is 46.4 Å². The second-order valence-electron chi connectivity index (χ2n) is 2.46. The van der Waals surface area contributed by atoms with Crippen molar-refractivity contribution < 1.29 is 0 Å². The van der Waals surface area contributed by atoms with Crippen LogP contribution in [0.4, 0.5) is 0 Å². The molecular weight excluding hydrogens is 267 g/mol. The molecular formula is C10H7ClSSe. The van der Waals surface area contributed by atoms with E-state index in [2.05, 4.69) is 23.1 Å². The van der Waals surface area contributed by atoms with Crippen molar-refractivity contribution in [2.24, 2.45) is 0 Å². The summed E-state index contributed by atoms with van der Waals surface area (Å²) in [5.74, 6) is 0. The molecule has 0 atom stereocenters. The third kappa shape index (κ3) is 2.41. The first-order valence-corrected chi connectivity index (χ1v) is 6.86. The molecule has 0 fully saturated rings. The van der Waals surface area contributed by atoms with Gasteiger partial charge in [-0.2, -0.15) is 0 Å². The fourth-order valence-corrected chi connectivity index (χ4v) is 4.03. The predicted molar refractivity (Wildman–Crippen MR) is 59.0 cm³/mol. The van der Waals surface area contributed by atoms with Crippen LogP contribution in [0.1, 0.15) is 0 Å². The van der Waals surface area contributed by atoms with E-state index < -0.39 is 0 Å². The quantitative estimate of drug-likeness (QED) is 0.754. The molecule has 0 amide bonds. The van der Waals surface area contributed by atoms with Gasteiger partial charge in [0.1, 0.15) is 0 Å². The summed E-state index contributed by atoms with van der Waals surface area (Å²) in [4.78, 5) is 3.37. The molecule has 0 aliphatic carbocycles. The van der Waals surface area contributed by atoms with Crippen LogP contribution >= 0.6 is 23.4 Å². The number of halogens is 1. The van der Waals surface area contributed by atoms with Crippen LogP contribution in [-0.2, 0) is 0 Å². The maximum absolute atomic E-state index is 6.04. The minimum atomic E-state index is 0.518. The third-order valence-electron chi connectivity index (χ3n) is 1.54. The molecule has 2 rings (SSSR count). The minimum absolute atomic E-state index is 0.518. The number of hydrogen-bond acceptors (Lipinski definition) is 1. The second kappa shape index (κ2) is 4.38. The standard InChI is InChI=1S/C10H7ClSSe/c11-8-4-1-2-5-9(8)12-10-6-3-7-13-10/h1-7H. The summed E-state index contributed by atoms with van der Waals surface area (Å²) >= 11 is 8.33. The van der Waals surface area contributed by atoms with Gasteiger partial charge in [0.15, 0.2) is 0 Å². The van der Waals surface area contributed by atoms with Gasteiger partial charge in [0.2, 0.25) is 0 Å². The molecule has 0 saturated carbocycles. The topological polar surface area (TPSA) is 0 Å². The Kier molecular flexibility index (Phi) is 3.18. The van der Waals surface area contributed by atoms with Gasteiger partial charge < -0.3 is 0 Å². The fourth-order valence-electron chi connectivity index (χ4n) is 0.957. The Labute approximate surface area is 92.7 Å². The van der Waals surface area contributed by atoms with Crippen molar-refractivity contribution in [3.8, 4) is 0 Å². The monoisotopic (exact) mass is 274 g/mol. The second-order valence-corrected chi connectivity index (χ2v) is 6.53. The zero-order chi connectivity index (χ0) is 9.10. The molecule has 0 N–H and O–H groups in total. The van der Waals surface area contributed by atoms with Crippen LogP contribution < -0.4 is 0 Å². The van der Waals surface area contributed by atoms with Gasteiger partial charge in [-0.1, -0.05) is 0 Å². The molecule has 66 valence electrons. The van der Waals surface area contributed by atoms with E-state index in [0.717, 1.165) is 9.92 Å². The van der Waals surface area contributed by atoms with Crippen LogP contribution in [0, 0.1) is 0 Å². The van der Waals surface area contributed by atoms with Crippen LogP contribution in [0.2, 0.25) is 5.02 Å². The molecule has 1 aromatic carbocycles. The first-order valence-electron chi connectivity index (χ1n) is 3.82. The zero-order valence-electron chi connectivity index (χ0n) is 6.74. The van der Waals surface area contributed by atoms with Gasteiger partial charge >= 0.3 is 92.9 Å². The molecule has 0 aliphatic heterocycles. The molecule has 3 heteroatoms. The molecule has 0 unspecified atom stereocenters. The number of benzene rings is 1. The van der Waals surface area contributed by atoms with E-state index in [-0.39, 0.29) is 0 Å². The van der Waals surface area contributed by atoms with E-state index in [1.54, 1.807) is 11.8 Å². The molecule has 0 nitrogen and oxygen atoms in total. The summed E-state index contributed by atoms with van der Waals surface area (Å²) in [5, 5.41) is 0.844. The van der Waals surface area contributed by atoms with E-state index in [1.165, 1.54) is 3.77 Å². The summed E-state index contributed by atoms with van der Waals surface area (Å²) in [6.45, 7) is 0. The summed E-state index contributed by atoms with van der Waals surface area (Å²) in [5.41, 5.74) is 0. The summed E-state index contributed by atoms with van der Waals surface area (Å²) in [6.07, 6.45) is 0. The molecule has 0 saturated heterocycles. The van der Waals surface area contributed by atoms with Crippen LogP contribution in [0.15, 0.2) is 50.0 Å². The first-order chi connectivity index (χ1) is 6.36. The van der Waals surface area contributed by atoms with Gasteiger partial charge in [0.25, 0.3) is 0 Å². The van der Waals surface area contributed by atoms with Gasteiger partial charge in [0.05, 0.1) is 0 Å². The van der Waals surface area contributed by atoms with Gasteiger partial charge in [-0.25, -0.2) is 0 Å². The molecule has 0 radical (unpaired) electrons. The number of hydrogen-bond donors (Lipinski definition) is 0. The molecule has 0 bridgehead atoms. The van der Waals surface area contributed by atoms with Gasteiger partial charge in [0, 0.05) is 0 Å². The van der Waals surface area contributed by atoms with E-state index in [9.17, 15) is 0 Å². The van der Waals surface area contributed by atoms with Gasteiger partial charge in [-0.05, 0) is 0 Å². The van der Waals surface area contributed by atoms with Crippen molar-refractivity contribution in [2.75, 3.05) is 0 Å².